The largest absolute Gasteiger partial charge is 0.320 e. The van der Waals surface area contributed by atoms with Gasteiger partial charge in [0.15, 0.2) is 0 Å². The van der Waals surface area contributed by atoms with Gasteiger partial charge in [0.1, 0.15) is 5.15 Å². The summed E-state index contributed by atoms with van der Waals surface area (Å²) < 4.78 is 1.69. The van der Waals surface area contributed by atoms with Crippen LogP contribution < -0.4 is 5.32 Å². The maximum atomic E-state index is 12.3. The molecule has 0 aliphatic carbocycles. The van der Waals surface area contributed by atoms with Crippen molar-refractivity contribution in [3.63, 3.8) is 0 Å². The number of pyridine rings is 1. The Balaban J connectivity index is 2.31. The number of hydrogen-bond donors (Lipinski definition) is 1. The molecule has 0 spiro atoms. The van der Waals surface area contributed by atoms with Crippen LogP contribution in [0.15, 0.2) is 12.1 Å². The molecule has 0 atom stereocenters. The smallest absolute Gasteiger partial charge is 0.259 e. The third kappa shape index (κ3) is 2.61. The summed E-state index contributed by atoms with van der Waals surface area (Å²) in [7, 11) is 1.81. The van der Waals surface area contributed by atoms with E-state index < -0.39 is 0 Å². The molecule has 0 bridgehead atoms. The lowest BCUT2D eigenvalue weighted by Crippen LogP contribution is -2.15. The van der Waals surface area contributed by atoms with Gasteiger partial charge < -0.3 is 5.32 Å². The molecule has 2 heterocycles. The summed E-state index contributed by atoms with van der Waals surface area (Å²) in [5, 5.41) is 7.47. The Hall–Kier alpha value is -1.88. The van der Waals surface area contributed by atoms with Gasteiger partial charge in [-0.05, 0) is 32.9 Å². The molecular weight excluding hydrogens is 264 g/mol. The first kappa shape index (κ1) is 13.5. The first-order valence-electron chi connectivity index (χ1n) is 5.85. The zero-order valence-electron chi connectivity index (χ0n) is 11.3. The third-order valence-electron chi connectivity index (χ3n) is 3.04. The van der Waals surface area contributed by atoms with E-state index in [9.17, 15) is 4.79 Å². The van der Waals surface area contributed by atoms with Crippen molar-refractivity contribution in [3.05, 3.63) is 39.9 Å². The number of carbonyl (C=O) groups is 1. The van der Waals surface area contributed by atoms with E-state index in [-0.39, 0.29) is 5.91 Å². The van der Waals surface area contributed by atoms with E-state index in [0.29, 0.717) is 27.8 Å². The van der Waals surface area contributed by atoms with Gasteiger partial charge in [-0.25, -0.2) is 4.98 Å². The first-order chi connectivity index (χ1) is 8.90. The van der Waals surface area contributed by atoms with Gasteiger partial charge in [0.2, 0.25) is 0 Å². The summed E-state index contributed by atoms with van der Waals surface area (Å²) in [6.45, 7) is 5.47. The Kier molecular flexibility index (Phi) is 3.57. The summed E-state index contributed by atoms with van der Waals surface area (Å²) in [6, 6.07) is 3.39. The number of halogens is 1. The summed E-state index contributed by atoms with van der Waals surface area (Å²) in [5.41, 5.74) is 3.46. The predicted molar refractivity (Wildman–Crippen MR) is 74.6 cm³/mol. The SMILES string of the molecule is Cc1nc(Cl)ccc1NC(=O)c1c(C)nn(C)c1C. The molecule has 0 radical (unpaired) electrons. The Labute approximate surface area is 116 Å². The molecule has 0 aliphatic rings. The Morgan fingerprint density at radius 3 is 2.47 bits per heavy atom. The van der Waals surface area contributed by atoms with Crippen LogP contribution in [-0.4, -0.2) is 20.7 Å². The van der Waals surface area contributed by atoms with Gasteiger partial charge in [-0.15, -0.1) is 0 Å². The maximum Gasteiger partial charge on any atom is 0.259 e. The summed E-state index contributed by atoms with van der Waals surface area (Å²) in [4.78, 5) is 16.4. The van der Waals surface area contributed by atoms with Crippen molar-refractivity contribution < 1.29 is 4.79 Å². The Bertz CT molecular complexity index is 648. The quantitative estimate of drug-likeness (QED) is 0.859. The number of nitrogens with zero attached hydrogens (tertiary/aromatic N) is 3. The molecule has 2 aromatic rings. The van der Waals surface area contributed by atoms with E-state index in [1.807, 2.05) is 20.9 Å². The second kappa shape index (κ2) is 5.01. The lowest BCUT2D eigenvalue weighted by molar-refractivity contribution is 0.102. The minimum absolute atomic E-state index is 0.185. The topological polar surface area (TPSA) is 59.8 Å². The lowest BCUT2D eigenvalue weighted by Gasteiger charge is -2.08. The fourth-order valence-electron chi connectivity index (χ4n) is 1.95. The zero-order valence-corrected chi connectivity index (χ0v) is 12.0. The van der Waals surface area contributed by atoms with Crippen LogP contribution in [0.5, 0.6) is 0 Å². The average molecular weight is 279 g/mol. The van der Waals surface area contributed by atoms with Crippen LogP contribution in [0, 0.1) is 20.8 Å². The summed E-state index contributed by atoms with van der Waals surface area (Å²) in [5.74, 6) is -0.185. The van der Waals surface area contributed by atoms with Crippen LogP contribution in [0.1, 0.15) is 27.4 Å². The molecule has 0 aromatic carbocycles. The fourth-order valence-corrected chi connectivity index (χ4v) is 2.14. The number of hydrogen-bond acceptors (Lipinski definition) is 3. The number of rotatable bonds is 2. The molecule has 0 fully saturated rings. The van der Waals surface area contributed by atoms with Crippen LogP contribution in [-0.2, 0) is 7.05 Å². The first-order valence-corrected chi connectivity index (χ1v) is 6.22. The van der Waals surface area contributed by atoms with Crippen LogP contribution in [0.4, 0.5) is 5.69 Å². The number of nitrogens with one attached hydrogen (secondary N) is 1. The van der Waals surface area contributed by atoms with Crippen LogP contribution in [0.25, 0.3) is 0 Å². The lowest BCUT2D eigenvalue weighted by atomic mass is 10.2. The molecular formula is C13H15ClN4O. The molecule has 5 nitrogen and oxygen atoms in total. The van der Waals surface area contributed by atoms with Crippen LogP contribution >= 0.6 is 11.6 Å². The van der Waals surface area contributed by atoms with Crippen molar-refractivity contribution in [1.29, 1.82) is 0 Å². The van der Waals surface area contributed by atoms with Crippen LogP contribution in [0.2, 0.25) is 5.15 Å². The van der Waals surface area contributed by atoms with E-state index in [2.05, 4.69) is 15.4 Å². The molecule has 100 valence electrons. The zero-order chi connectivity index (χ0) is 14.2. The monoisotopic (exact) mass is 278 g/mol. The van der Waals surface area contributed by atoms with Crippen molar-refractivity contribution in [3.8, 4) is 0 Å². The number of anilines is 1. The standard InChI is InChI=1S/C13H15ClN4O/c1-7-10(5-6-11(14)15-7)16-13(19)12-8(2)17-18(4)9(12)3/h5-6H,1-4H3,(H,16,19). The summed E-state index contributed by atoms with van der Waals surface area (Å²) in [6.07, 6.45) is 0. The Morgan fingerprint density at radius 1 is 1.26 bits per heavy atom. The number of carbonyl (C=O) groups excluding carboxylic acids is 1. The highest BCUT2D eigenvalue weighted by atomic mass is 35.5. The minimum Gasteiger partial charge on any atom is -0.320 e. The van der Waals surface area contributed by atoms with Gasteiger partial charge >= 0.3 is 0 Å². The fraction of sp³-hybridized carbons (Fsp3) is 0.308. The second-order valence-corrected chi connectivity index (χ2v) is 4.78. The molecule has 0 aliphatic heterocycles. The normalized spacial score (nSPS) is 10.6. The van der Waals surface area contributed by atoms with Crippen molar-refractivity contribution in [1.82, 2.24) is 14.8 Å². The van der Waals surface area contributed by atoms with Gasteiger partial charge in [0.05, 0.1) is 22.6 Å². The number of aryl methyl sites for hydroxylation is 3. The molecule has 19 heavy (non-hydrogen) atoms. The van der Waals surface area contributed by atoms with Crippen molar-refractivity contribution in [2.75, 3.05) is 5.32 Å². The molecule has 6 heteroatoms. The van der Waals surface area contributed by atoms with E-state index in [1.165, 1.54) is 0 Å². The summed E-state index contributed by atoms with van der Waals surface area (Å²) >= 11 is 5.79. The third-order valence-corrected chi connectivity index (χ3v) is 3.25. The van der Waals surface area contributed by atoms with Crippen LogP contribution in [0.3, 0.4) is 0 Å². The van der Waals surface area contributed by atoms with E-state index >= 15 is 0 Å². The second-order valence-electron chi connectivity index (χ2n) is 4.39. The predicted octanol–water partition coefficient (Wildman–Crippen LogP) is 2.65. The van der Waals surface area contributed by atoms with Crippen molar-refractivity contribution in [2.24, 2.45) is 7.05 Å². The maximum absolute atomic E-state index is 12.3. The average Bonchev–Trinajstić information content (AvgIpc) is 2.57. The van der Waals surface area contributed by atoms with Gasteiger partial charge in [-0.1, -0.05) is 11.6 Å². The molecule has 1 amide bonds. The van der Waals surface area contributed by atoms with E-state index in [0.717, 1.165) is 5.69 Å². The molecule has 0 saturated carbocycles. The van der Waals surface area contributed by atoms with Crippen molar-refractivity contribution >= 4 is 23.2 Å². The van der Waals surface area contributed by atoms with E-state index in [1.54, 1.807) is 23.7 Å². The molecule has 1 N–H and O–H groups in total. The minimum atomic E-state index is -0.185. The molecule has 0 unspecified atom stereocenters. The van der Waals surface area contributed by atoms with Gasteiger partial charge in [-0.3, -0.25) is 9.48 Å². The number of amides is 1. The van der Waals surface area contributed by atoms with E-state index in [4.69, 9.17) is 11.6 Å². The van der Waals surface area contributed by atoms with Gasteiger partial charge in [0.25, 0.3) is 5.91 Å². The van der Waals surface area contributed by atoms with Gasteiger partial charge in [0, 0.05) is 12.7 Å². The number of aromatic nitrogens is 3. The van der Waals surface area contributed by atoms with Gasteiger partial charge in [-0.2, -0.15) is 5.10 Å². The molecule has 2 rings (SSSR count). The Morgan fingerprint density at radius 2 is 1.95 bits per heavy atom. The van der Waals surface area contributed by atoms with Crippen molar-refractivity contribution in [2.45, 2.75) is 20.8 Å². The highest BCUT2D eigenvalue weighted by molar-refractivity contribution is 6.29. The highest BCUT2D eigenvalue weighted by Crippen LogP contribution is 2.19. The molecule has 2 aromatic heterocycles. The highest BCUT2D eigenvalue weighted by Gasteiger charge is 2.18. The molecule has 0 saturated heterocycles.